The Labute approximate surface area is 119 Å². The maximum atomic E-state index is 11.6. The van der Waals surface area contributed by atoms with E-state index in [2.05, 4.69) is 20.5 Å². The van der Waals surface area contributed by atoms with Gasteiger partial charge in [-0.3, -0.25) is 5.32 Å². The van der Waals surface area contributed by atoms with E-state index in [4.69, 9.17) is 0 Å². The highest BCUT2D eigenvalue weighted by atomic mass is 16.3. The molecule has 2 rings (SSSR count). The summed E-state index contributed by atoms with van der Waals surface area (Å²) in [5, 5.41) is 15.2. The first kappa shape index (κ1) is 14.7. The molecule has 1 saturated heterocycles. The second-order valence-electron chi connectivity index (χ2n) is 5.07. The highest BCUT2D eigenvalue weighted by molar-refractivity contribution is 5.88. The van der Waals surface area contributed by atoms with Crippen molar-refractivity contribution in [3.8, 4) is 0 Å². The fraction of sp³-hybridized carbons (Fsp3) is 0.571. The van der Waals surface area contributed by atoms with Crippen molar-refractivity contribution in [1.29, 1.82) is 0 Å². The molecule has 0 unspecified atom stereocenters. The van der Waals surface area contributed by atoms with Crippen molar-refractivity contribution in [2.45, 2.75) is 25.4 Å². The van der Waals surface area contributed by atoms with Gasteiger partial charge in [0.25, 0.3) is 0 Å². The van der Waals surface area contributed by atoms with Crippen LogP contribution in [0.1, 0.15) is 19.3 Å². The van der Waals surface area contributed by atoms with Gasteiger partial charge in [0.1, 0.15) is 5.82 Å². The van der Waals surface area contributed by atoms with Gasteiger partial charge in [-0.1, -0.05) is 12.5 Å². The van der Waals surface area contributed by atoms with E-state index in [0.717, 1.165) is 13.1 Å². The first-order chi connectivity index (χ1) is 9.74. The second kappa shape index (κ2) is 7.81. The van der Waals surface area contributed by atoms with Crippen LogP contribution in [0.2, 0.25) is 0 Å². The van der Waals surface area contributed by atoms with Crippen molar-refractivity contribution in [3.63, 3.8) is 0 Å². The van der Waals surface area contributed by atoms with Crippen molar-refractivity contribution in [2.24, 2.45) is 0 Å². The monoisotopic (exact) mass is 278 g/mol. The first-order valence-electron chi connectivity index (χ1n) is 7.10. The normalized spacial score (nSPS) is 17.4. The highest BCUT2D eigenvalue weighted by Crippen LogP contribution is 2.08. The van der Waals surface area contributed by atoms with E-state index >= 15 is 0 Å². The zero-order valence-electron chi connectivity index (χ0n) is 11.6. The molecule has 6 heteroatoms. The number of carbonyl (C=O) groups is 1. The van der Waals surface area contributed by atoms with Gasteiger partial charge < -0.3 is 15.3 Å². The molecule has 1 aromatic heterocycles. The second-order valence-corrected chi connectivity index (χ2v) is 5.07. The molecule has 0 bridgehead atoms. The van der Waals surface area contributed by atoms with Crippen LogP contribution in [-0.4, -0.2) is 53.3 Å². The number of anilines is 1. The Morgan fingerprint density at radius 3 is 2.85 bits per heavy atom. The van der Waals surface area contributed by atoms with Crippen LogP contribution >= 0.6 is 0 Å². The lowest BCUT2D eigenvalue weighted by atomic mass is 10.1. The number of carbonyl (C=O) groups excluding carboxylic acids is 1. The maximum Gasteiger partial charge on any atom is 0.320 e. The van der Waals surface area contributed by atoms with Crippen molar-refractivity contribution in [2.75, 3.05) is 31.5 Å². The fourth-order valence-corrected chi connectivity index (χ4v) is 2.31. The number of β-amino-alcohol motifs (C(OH)–C–C–N with tert-alkyl or cyclic N) is 1. The maximum absolute atomic E-state index is 11.6. The van der Waals surface area contributed by atoms with Crippen LogP contribution in [0.15, 0.2) is 24.4 Å². The van der Waals surface area contributed by atoms with Gasteiger partial charge in [0.05, 0.1) is 6.10 Å². The predicted molar refractivity (Wildman–Crippen MR) is 77.6 cm³/mol. The summed E-state index contributed by atoms with van der Waals surface area (Å²) in [5.41, 5.74) is 0. The Morgan fingerprint density at radius 1 is 1.35 bits per heavy atom. The summed E-state index contributed by atoms with van der Waals surface area (Å²) in [7, 11) is 0. The molecule has 0 saturated carbocycles. The number of rotatable bonds is 5. The Balaban J connectivity index is 1.64. The number of aliphatic hydroxyl groups excluding tert-OH is 1. The lowest BCUT2D eigenvalue weighted by Gasteiger charge is -2.28. The van der Waals surface area contributed by atoms with E-state index < -0.39 is 6.10 Å². The summed E-state index contributed by atoms with van der Waals surface area (Å²) in [6.07, 6.45) is 4.74. The number of hydrogen-bond donors (Lipinski definition) is 3. The smallest absolute Gasteiger partial charge is 0.320 e. The van der Waals surface area contributed by atoms with Crippen molar-refractivity contribution in [3.05, 3.63) is 24.4 Å². The molecule has 3 N–H and O–H groups in total. The molecule has 0 aliphatic carbocycles. The number of nitrogens with zero attached hydrogens (tertiary/aromatic N) is 2. The van der Waals surface area contributed by atoms with E-state index in [1.54, 1.807) is 24.4 Å². The molecule has 0 spiro atoms. The van der Waals surface area contributed by atoms with Gasteiger partial charge in [0.2, 0.25) is 0 Å². The van der Waals surface area contributed by atoms with Crippen LogP contribution in [0.3, 0.4) is 0 Å². The summed E-state index contributed by atoms with van der Waals surface area (Å²) in [5.74, 6) is 0.496. The average Bonchev–Trinajstić information content (AvgIpc) is 2.47. The third-order valence-electron chi connectivity index (χ3n) is 3.32. The van der Waals surface area contributed by atoms with Crippen LogP contribution < -0.4 is 10.6 Å². The molecule has 1 aliphatic heterocycles. The zero-order valence-corrected chi connectivity index (χ0v) is 11.6. The van der Waals surface area contributed by atoms with Gasteiger partial charge in [0.15, 0.2) is 0 Å². The number of aromatic nitrogens is 1. The molecular formula is C14H22N4O2. The van der Waals surface area contributed by atoms with Gasteiger partial charge in [-0.25, -0.2) is 9.78 Å². The largest absolute Gasteiger partial charge is 0.390 e. The minimum atomic E-state index is -0.539. The van der Waals surface area contributed by atoms with E-state index in [9.17, 15) is 9.90 Å². The molecule has 2 heterocycles. The number of urea groups is 1. The van der Waals surface area contributed by atoms with Crippen molar-refractivity contribution in [1.82, 2.24) is 15.2 Å². The molecule has 1 fully saturated rings. The Morgan fingerprint density at radius 2 is 2.15 bits per heavy atom. The minimum Gasteiger partial charge on any atom is -0.390 e. The molecule has 0 aromatic carbocycles. The number of pyridine rings is 1. The van der Waals surface area contributed by atoms with Crippen molar-refractivity contribution >= 4 is 11.8 Å². The van der Waals surface area contributed by atoms with Gasteiger partial charge in [-0.2, -0.15) is 0 Å². The minimum absolute atomic E-state index is 0.245. The Hall–Kier alpha value is -1.66. The number of aliphatic hydroxyl groups is 1. The summed E-state index contributed by atoms with van der Waals surface area (Å²) in [6.45, 7) is 2.94. The van der Waals surface area contributed by atoms with E-state index in [-0.39, 0.29) is 12.6 Å². The van der Waals surface area contributed by atoms with Gasteiger partial charge >= 0.3 is 6.03 Å². The molecule has 0 radical (unpaired) electrons. The fourth-order valence-electron chi connectivity index (χ4n) is 2.31. The third-order valence-corrected chi connectivity index (χ3v) is 3.32. The Bertz CT molecular complexity index is 407. The SMILES string of the molecule is O=C(NC[C@H](O)CN1CCCCC1)Nc1ccccn1. The molecule has 1 atom stereocenters. The third kappa shape index (κ3) is 5.14. The van der Waals surface area contributed by atoms with Crippen LogP contribution in [0.5, 0.6) is 0 Å². The number of amides is 2. The van der Waals surface area contributed by atoms with Gasteiger partial charge in [0, 0.05) is 19.3 Å². The lowest BCUT2D eigenvalue weighted by molar-refractivity contribution is 0.102. The van der Waals surface area contributed by atoms with Crippen molar-refractivity contribution < 1.29 is 9.90 Å². The highest BCUT2D eigenvalue weighted by Gasteiger charge is 2.15. The van der Waals surface area contributed by atoms with Crippen LogP contribution in [0.25, 0.3) is 0 Å². The Kier molecular flexibility index (Phi) is 5.76. The topological polar surface area (TPSA) is 77.5 Å². The molecular weight excluding hydrogens is 256 g/mol. The number of hydrogen-bond acceptors (Lipinski definition) is 4. The summed E-state index contributed by atoms with van der Waals surface area (Å²) in [4.78, 5) is 17.9. The van der Waals surface area contributed by atoms with Gasteiger partial charge in [-0.15, -0.1) is 0 Å². The predicted octanol–water partition coefficient (Wildman–Crippen LogP) is 1.05. The quantitative estimate of drug-likeness (QED) is 0.752. The molecule has 110 valence electrons. The molecule has 2 amide bonds. The standard InChI is InChI=1S/C14H22N4O2/c19-12(11-18-8-4-1-5-9-18)10-16-14(20)17-13-6-2-3-7-15-13/h2-3,6-7,12,19H,1,4-5,8-11H2,(H2,15,16,17,20)/t12-/m0/s1. The first-order valence-corrected chi connectivity index (χ1v) is 7.10. The van der Waals surface area contributed by atoms with Crippen LogP contribution in [0, 0.1) is 0 Å². The van der Waals surface area contributed by atoms with E-state index in [1.807, 2.05) is 0 Å². The van der Waals surface area contributed by atoms with Crippen LogP contribution in [0.4, 0.5) is 10.6 Å². The summed E-state index contributed by atoms with van der Waals surface area (Å²) < 4.78 is 0. The lowest BCUT2D eigenvalue weighted by Crippen LogP contribution is -2.43. The zero-order chi connectivity index (χ0) is 14.2. The van der Waals surface area contributed by atoms with E-state index in [0.29, 0.717) is 12.4 Å². The molecule has 1 aliphatic rings. The number of likely N-dealkylation sites (tertiary alicyclic amines) is 1. The molecule has 1 aromatic rings. The average molecular weight is 278 g/mol. The van der Waals surface area contributed by atoms with Gasteiger partial charge in [-0.05, 0) is 38.1 Å². The number of nitrogens with one attached hydrogen (secondary N) is 2. The summed E-state index contributed by atoms with van der Waals surface area (Å²) >= 11 is 0. The van der Waals surface area contributed by atoms with E-state index in [1.165, 1.54) is 19.3 Å². The van der Waals surface area contributed by atoms with Crippen LogP contribution in [-0.2, 0) is 0 Å². The molecule has 20 heavy (non-hydrogen) atoms. The summed E-state index contributed by atoms with van der Waals surface area (Å²) in [6, 6.07) is 4.95. The number of piperidine rings is 1. The molecule has 6 nitrogen and oxygen atoms in total.